The van der Waals surface area contributed by atoms with Crippen LogP contribution in [0.2, 0.25) is 0 Å². The number of benzene rings is 1. The zero-order valence-corrected chi connectivity index (χ0v) is 12.1. The van der Waals surface area contributed by atoms with Gasteiger partial charge in [-0.05, 0) is 26.0 Å². The van der Waals surface area contributed by atoms with E-state index < -0.39 is 0 Å². The maximum absolute atomic E-state index is 5.68. The van der Waals surface area contributed by atoms with Gasteiger partial charge in [0.25, 0.3) is 0 Å². The molecular formula is C15H16N4O2. The van der Waals surface area contributed by atoms with Crippen molar-refractivity contribution >= 4 is 11.0 Å². The molecule has 3 rings (SSSR count). The highest BCUT2D eigenvalue weighted by atomic mass is 16.5. The lowest BCUT2D eigenvalue weighted by atomic mass is 10.2. The largest absolute Gasteiger partial charge is 0.496 e. The Kier molecular flexibility index (Phi) is 3.43. The first kappa shape index (κ1) is 13.4. The number of rotatable bonds is 4. The number of nitrogens with one attached hydrogen (secondary N) is 1. The van der Waals surface area contributed by atoms with Crippen LogP contribution >= 0.6 is 0 Å². The standard InChI is InChI=1S/C15H16N4O2/c1-9(2)21-10-4-5-11(14(6-10)20-3)15-18-12-7-16-17-8-13(12)19-15/h4-9H,1-3H3,(H,18,19). The van der Waals surface area contributed by atoms with Crippen molar-refractivity contribution in [2.45, 2.75) is 20.0 Å². The van der Waals surface area contributed by atoms with Crippen molar-refractivity contribution in [1.82, 2.24) is 20.2 Å². The first-order chi connectivity index (χ1) is 10.2. The van der Waals surface area contributed by atoms with Gasteiger partial charge in [-0.2, -0.15) is 10.2 Å². The Morgan fingerprint density at radius 1 is 1.14 bits per heavy atom. The van der Waals surface area contributed by atoms with E-state index in [0.29, 0.717) is 11.6 Å². The van der Waals surface area contributed by atoms with Crippen molar-refractivity contribution in [3.05, 3.63) is 30.6 Å². The molecule has 3 aromatic rings. The average Bonchev–Trinajstić information content (AvgIpc) is 2.90. The van der Waals surface area contributed by atoms with Gasteiger partial charge in [0.15, 0.2) is 0 Å². The van der Waals surface area contributed by atoms with Gasteiger partial charge in [0.2, 0.25) is 0 Å². The van der Waals surface area contributed by atoms with E-state index in [0.717, 1.165) is 22.3 Å². The minimum atomic E-state index is 0.115. The van der Waals surface area contributed by atoms with Crippen LogP contribution in [0.5, 0.6) is 11.5 Å². The van der Waals surface area contributed by atoms with Crippen molar-refractivity contribution in [1.29, 1.82) is 0 Å². The van der Waals surface area contributed by atoms with E-state index in [2.05, 4.69) is 20.2 Å². The number of hydrogen-bond donors (Lipinski definition) is 1. The van der Waals surface area contributed by atoms with E-state index in [1.54, 1.807) is 19.5 Å². The SMILES string of the molecule is COc1cc(OC(C)C)ccc1-c1nc2cnncc2[nH]1. The minimum absolute atomic E-state index is 0.115. The predicted molar refractivity (Wildman–Crippen MR) is 79.4 cm³/mol. The molecule has 0 amide bonds. The average molecular weight is 284 g/mol. The highest BCUT2D eigenvalue weighted by Crippen LogP contribution is 2.32. The van der Waals surface area contributed by atoms with Crippen molar-refractivity contribution in [2.75, 3.05) is 7.11 Å². The van der Waals surface area contributed by atoms with Gasteiger partial charge in [-0.25, -0.2) is 4.98 Å². The summed E-state index contributed by atoms with van der Waals surface area (Å²) in [5.41, 5.74) is 2.47. The van der Waals surface area contributed by atoms with E-state index in [-0.39, 0.29) is 6.10 Å². The van der Waals surface area contributed by atoms with E-state index in [1.165, 1.54) is 0 Å². The Bertz CT molecular complexity index is 734. The molecule has 0 radical (unpaired) electrons. The molecule has 0 saturated heterocycles. The molecule has 108 valence electrons. The molecule has 21 heavy (non-hydrogen) atoms. The third-order valence-electron chi connectivity index (χ3n) is 2.99. The van der Waals surface area contributed by atoms with Gasteiger partial charge in [0.05, 0.1) is 36.7 Å². The Morgan fingerprint density at radius 3 is 2.67 bits per heavy atom. The monoisotopic (exact) mass is 284 g/mol. The summed E-state index contributed by atoms with van der Waals surface area (Å²) >= 11 is 0. The number of fused-ring (bicyclic) bond motifs is 1. The molecule has 0 fully saturated rings. The zero-order valence-electron chi connectivity index (χ0n) is 12.1. The van der Waals surface area contributed by atoms with Crippen molar-refractivity contribution in [2.24, 2.45) is 0 Å². The van der Waals surface area contributed by atoms with Gasteiger partial charge in [0, 0.05) is 6.07 Å². The minimum Gasteiger partial charge on any atom is -0.496 e. The summed E-state index contributed by atoms with van der Waals surface area (Å²) in [4.78, 5) is 7.72. The third kappa shape index (κ3) is 2.65. The van der Waals surface area contributed by atoms with Crippen LogP contribution in [0, 0.1) is 0 Å². The maximum Gasteiger partial charge on any atom is 0.142 e. The lowest BCUT2D eigenvalue weighted by Gasteiger charge is -2.12. The van der Waals surface area contributed by atoms with Gasteiger partial charge >= 0.3 is 0 Å². The topological polar surface area (TPSA) is 72.9 Å². The maximum atomic E-state index is 5.68. The highest BCUT2D eigenvalue weighted by molar-refractivity contribution is 5.79. The Hall–Kier alpha value is -2.63. The first-order valence-electron chi connectivity index (χ1n) is 6.69. The molecule has 0 unspecified atom stereocenters. The fourth-order valence-electron chi connectivity index (χ4n) is 2.12. The van der Waals surface area contributed by atoms with Crippen molar-refractivity contribution in [3.8, 4) is 22.9 Å². The lowest BCUT2D eigenvalue weighted by molar-refractivity contribution is 0.241. The molecule has 2 aromatic heterocycles. The predicted octanol–water partition coefficient (Wildman–Crippen LogP) is 2.82. The highest BCUT2D eigenvalue weighted by Gasteiger charge is 2.12. The van der Waals surface area contributed by atoms with Crippen molar-refractivity contribution in [3.63, 3.8) is 0 Å². The molecule has 0 spiro atoms. The Morgan fingerprint density at radius 2 is 1.95 bits per heavy atom. The molecule has 0 aliphatic rings. The van der Waals surface area contributed by atoms with Crippen LogP contribution in [0.4, 0.5) is 0 Å². The Balaban J connectivity index is 2.04. The van der Waals surface area contributed by atoms with E-state index in [9.17, 15) is 0 Å². The molecule has 0 bridgehead atoms. The Labute approximate surface area is 122 Å². The number of H-pyrrole nitrogens is 1. The third-order valence-corrected chi connectivity index (χ3v) is 2.99. The van der Waals surface area contributed by atoms with Crippen LogP contribution in [-0.4, -0.2) is 33.4 Å². The second-order valence-corrected chi connectivity index (χ2v) is 4.90. The quantitative estimate of drug-likeness (QED) is 0.797. The number of aromatic amines is 1. The number of hydrogen-bond acceptors (Lipinski definition) is 5. The van der Waals surface area contributed by atoms with Crippen LogP contribution in [0.15, 0.2) is 30.6 Å². The summed E-state index contributed by atoms with van der Waals surface area (Å²) in [6.07, 6.45) is 3.39. The molecule has 0 saturated carbocycles. The van der Waals surface area contributed by atoms with Crippen LogP contribution in [0.3, 0.4) is 0 Å². The molecule has 6 nitrogen and oxygen atoms in total. The molecule has 0 aliphatic heterocycles. The summed E-state index contributed by atoms with van der Waals surface area (Å²) in [7, 11) is 1.63. The van der Waals surface area contributed by atoms with Gasteiger partial charge < -0.3 is 14.5 Å². The fourth-order valence-corrected chi connectivity index (χ4v) is 2.12. The van der Waals surface area contributed by atoms with E-state index in [1.807, 2.05) is 32.0 Å². The van der Waals surface area contributed by atoms with E-state index in [4.69, 9.17) is 9.47 Å². The molecule has 1 N–H and O–H groups in total. The summed E-state index contributed by atoms with van der Waals surface area (Å²) in [6.45, 7) is 3.97. The first-order valence-corrected chi connectivity index (χ1v) is 6.69. The molecule has 0 aliphatic carbocycles. The molecule has 0 atom stereocenters. The normalized spacial score (nSPS) is 11.0. The summed E-state index contributed by atoms with van der Waals surface area (Å²) < 4.78 is 11.1. The van der Waals surface area contributed by atoms with Gasteiger partial charge in [0.1, 0.15) is 22.8 Å². The van der Waals surface area contributed by atoms with Crippen LogP contribution in [0.25, 0.3) is 22.4 Å². The summed E-state index contributed by atoms with van der Waals surface area (Å²) in [5, 5.41) is 7.66. The number of imidazole rings is 1. The van der Waals surface area contributed by atoms with Crippen LogP contribution in [0.1, 0.15) is 13.8 Å². The number of nitrogens with zero attached hydrogens (tertiary/aromatic N) is 3. The zero-order chi connectivity index (χ0) is 14.8. The van der Waals surface area contributed by atoms with Crippen molar-refractivity contribution < 1.29 is 9.47 Å². The van der Waals surface area contributed by atoms with Gasteiger partial charge in [-0.3, -0.25) is 0 Å². The van der Waals surface area contributed by atoms with E-state index >= 15 is 0 Å². The molecule has 2 heterocycles. The second-order valence-electron chi connectivity index (χ2n) is 4.90. The molecule has 1 aromatic carbocycles. The van der Waals surface area contributed by atoms with Crippen LogP contribution < -0.4 is 9.47 Å². The summed E-state index contributed by atoms with van der Waals surface area (Å²) in [5.74, 6) is 2.19. The summed E-state index contributed by atoms with van der Waals surface area (Å²) in [6, 6.07) is 5.69. The molecular weight excluding hydrogens is 268 g/mol. The van der Waals surface area contributed by atoms with Gasteiger partial charge in [-0.1, -0.05) is 0 Å². The second kappa shape index (κ2) is 5.40. The number of aromatic nitrogens is 4. The van der Waals surface area contributed by atoms with Crippen LogP contribution in [-0.2, 0) is 0 Å². The van der Waals surface area contributed by atoms with Gasteiger partial charge in [-0.15, -0.1) is 0 Å². The number of methoxy groups -OCH3 is 1. The lowest BCUT2D eigenvalue weighted by Crippen LogP contribution is -2.05. The fraction of sp³-hybridized carbons (Fsp3) is 0.267. The smallest absolute Gasteiger partial charge is 0.142 e. The molecule has 6 heteroatoms. The number of ether oxygens (including phenoxy) is 2.